The minimum atomic E-state index is -3.91. The average Bonchev–Trinajstić information content (AvgIpc) is 4.03. The monoisotopic (exact) mass is 778 g/mol. The summed E-state index contributed by atoms with van der Waals surface area (Å²) in [6.07, 6.45) is 5.08. The molecule has 0 bridgehead atoms. The lowest BCUT2D eigenvalue weighted by Gasteiger charge is -2.36. The van der Waals surface area contributed by atoms with Crippen molar-refractivity contribution in [1.82, 2.24) is 20.3 Å². The fourth-order valence-corrected chi connectivity index (χ4v) is 9.32. The first-order valence-electron chi connectivity index (χ1n) is 19.1. The smallest absolute Gasteiger partial charge is 0.408 e. The first kappa shape index (κ1) is 40.2. The Morgan fingerprint density at radius 3 is 2.22 bits per heavy atom. The van der Waals surface area contributed by atoms with Crippen LogP contribution in [0.25, 0.3) is 11.1 Å². The first-order valence-corrected chi connectivity index (χ1v) is 20.6. The van der Waals surface area contributed by atoms with Crippen molar-refractivity contribution in [3.05, 3.63) is 66.2 Å². The fourth-order valence-electron chi connectivity index (χ4n) is 7.96. The molecule has 1 heterocycles. The molecule has 4 aliphatic rings. The molecule has 0 aromatic heterocycles. The minimum Gasteiger partial charge on any atom is -0.496 e. The van der Waals surface area contributed by atoms with E-state index < -0.39 is 73.6 Å². The van der Waals surface area contributed by atoms with Crippen molar-refractivity contribution in [2.24, 2.45) is 11.3 Å². The maximum Gasteiger partial charge on any atom is 0.408 e. The van der Waals surface area contributed by atoms with E-state index >= 15 is 0 Å². The molecule has 4 fully saturated rings. The van der Waals surface area contributed by atoms with Crippen molar-refractivity contribution in [2.75, 3.05) is 20.8 Å². The van der Waals surface area contributed by atoms with Crippen LogP contribution in [0.2, 0.25) is 0 Å². The zero-order valence-electron chi connectivity index (χ0n) is 32.6. The van der Waals surface area contributed by atoms with E-state index in [9.17, 15) is 27.6 Å². The summed E-state index contributed by atoms with van der Waals surface area (Å²) in [5.41, 5.74) is 0.0262. The molecule has 13 nitrogen and oxygen atoms in total. The summed E-state index contributed by atoms with van der Waals surface area (Å²) in [4.78, 5) is 57.5. The molecule has 2 aromatic carbocycles. The second-order valence-corrected chi connectivity index (χ2v) is 18.6. The number of alkyl carbamates (subject to hydrolysis) is 1. The van der Waals surface area contributed by atoms with E-state index in [4.69, 9.17) is 14.2 Å². The summed E-state index contributed by atoms with van der Waals surface area (Å²) < 4.78 is 45.3. The molecule has 298 valence electrons. The highest BCUT2D eigenvalue weighted by molar-refractivity contribution is 7.91. The van der Waals surface area contributed by atoms with Crippen molar-refractivity contribution in [1.29, 1.82) is 0 Å². The maximum atomic E-state index is 14.8. The Labute approximate surface area is 324 Å². The van der Waals surface area contributed by atoms with Gasteiger partial charge in [-0.1, -0.05) is 62.7 Å². The van der Waals surface area contributed by atoms with Gasteiger partial charge in [0.15, 0.2) is 0 Å². The van der Waals surface area contributed by atoms with Crippen LogP contribution in [0.4, 0.5) is 4.79 Å². The molecule has 5 atom stereocenters. The highest BCUT2D eigenvalue weighted by Crippen LogP contribution is 2.47. The van der Waals surface area contributed by atoms with E-state index in [0.717, 1.165) is 42.4 Å². The van der Waals surface area contributed by atoms with E-state index in [1.165, 1.54) is 18.1 Å². The van der Waals surface area contributed by atoms with Crippen LogP contribution >= 0.6 is 0 Å². The third kappa shape index (κ3) is 8.25. The van der Waals surface area contributed by atoms with Crippen molar-refractivity contribution >= 4 is 33.8 Å². The van der Waals surface area contributed by atoms with Crippen LogP contribution in [-0.4, -0.2) is 86.9 Å². The molecule has 6 rings (SSSR count). The molecule has 0 unspecified atom stereocenters. The Bertz CT molecular complexity index is 1930. The number of hydrogen-bond acceptors (Lipinski definition) is 9. The second kappa shape index (κ2) is 15.2. The number of carbonyl (C=O) groups excluding carboxylic acids is 4. The van der Waals surface area contributed by atoms with Crippen molar-refractivity contribution in [3.8, 4) is 16.9 Å². The van der Waals surface area contributed by atoms with Crippen LogP contribution in [0.5, 0.6) is 5.75 Å². The molecule has 55 heavy (non-hydrogen) atoms. The lowest BCUT2D eigenvalue weighted by molar-refractivity contribution is -0.143. The zero-order chi connectivity index (χ0) is 39.9. The predicted octanol–water partition coefficient (Wildman–Crippen LogP) is 4.87. The number of nitrogens with one attached hydrogen (secondary N) is 3. The van der Waals surface area contributed by atoms with Crippen LogP contribution in [0.15, 0.2) is 55.1 Å². The van der Waals surface area contributed by atoms with Crippen LogP contribution in [0, 0.1) is 18.3 Å². The van der Waals surface area contributed by atoms with Crippen molar-refractivity contribution < 1.29 is 41.8 Å². The number of methoxy groups -OCH3 is 2. The van der Waals surface area contributed by atoms with Gasteiger partial charge in [-0.2, -0.15) is 0 Å². The van der Waals surface area contributed by atoms with E-state index in [1.54, 1.807) is 7.11 Å². The van der Waals surface area contributed by atoms with Crippen molar-refractivity contribution in [3.63, 3.8) is 0 Å². The van der Waals surface area contributed by atoms with Gasteiger partial charge < -0.3 is 29.7 Å². The Balaban J connectivity index is 1.33. The number of hydrogen-bond donors (Lipinski definition) is 3. The van der Waals surface area contributed by atoms with Crippen molar-refractivity contribution in [2.45, 2.75) is 114 Å². The molecule has 0 spiro atoms. The summed E-state index contributed by atoms with van der Waals surface area (Å²) in [5.74, 6) is -1.83. The van der Waals surface area contributed by atoms with E-state index in [2.05, 4.69) is 21.9 Å². The summed E-state index contributed by atoms with van der Waals surface area (Å²) in [7, 11) is -0.772. The predicted molar refractivity (Wildman–Crippen MR) is 206 cm³/mol. The number of carbonyl (C=O) groups is 4. The Hall–Kier alpha value is -4.43. The normalized spacial score (nSPS) is 25.8. The highest BCUT2D eigenvalue weighted by Gasteiger charge is 2.62. The molecular formula is C41H54N4O9S. The third-order valence-electron chi connectivity index (χ3n) is 11.6. The van der Waals surface area contributed by atoms with Gasteiger partial charge in [0.1, 0.15) is 35.1 Å². The minimum absolute atomic E-state index is 0.00833. The Morgan fingerprint density at radius 1 is 0.982 bits per heavy atom. The SMILES string of the molecule is C=C[C@@H]1C[C@]1(NC(=O)[C@@H]1C[C@@](OC)(c2ccc(-c3cc(C)ccc3OC)cc2)CN1C(=O)[C@@H](NC(=O)OC1CCCC1)C(C)(C)C)C(=O)NS(=O)(=O)C1CC1. The molecule has 1 aliphatic heterocycles. The van der Waals surface area contributed by atoms with Gasteiger partial charge in [-0.25, -0.2) is 13.2 Å². The Morgan fingerprint density at radius 2 is 1.65 bits per heavy atom. The lowest BCUT2D eigenvalue weighted by atomic mass is 9.85. The average molecular weight is 779 g/mol. The van der Waals surface area contributed by atoms with Crippen LogP contribution in [0.1, 0.15) is 83.3 Å². The summed E-state index contributed by atoms with van der Waals surface area (Å²) >= 11 is 0. The van der Waals surface area contributed by atoms with Gasteiger partial charge in [-0.15, -0.1) is 6.58 Å². The van der Waals surface area contributed by atoms with Crippen LogP contribution in [-0.2, 0) is 39.5 Å². The van der Waals surface area contributed by atoms with Gasteiger partial charge in [0, 0.05) is 25.0 Å². The third-order valence-corrected chi connectivity index (χ3v) is 13.4. The molecule has 0 radical (unpaired) electrons. The topological polar surface area (TPSA) is 169 Å². The molecule has 2 aromatic rings. The molecule has 3 aliphatic carbocycles. The summed E-state index contributed by atoms with van der Waals surface area (Å²) in [6.45, 7) is 11.2. The van der Waals surface area contributed by atoms with Gasteiger partial charge in [0.05, 0.1) is 18.9 Å². The number of amides is 4. The number of benzene rings is 2. The molecule has 14 heteroatoms. The molecular weight excluding hydrogens is 725 g/mol. The summed E-state index contributed by atoms with van der Waals surface area (Å²) in [5, 5.41) is 5.00. The fraction of sp³-hybridized carbons (Fsp3) is 0.561. The number of sulfonamides is 1. The van der Waals surface area contributed by atoms with Gasteiger partial charge in [0.25, 0.3) is 5.91 Å². The second-order valence-electron chi connectivity index (χ2n) is 16.6. The number of nitrogens with zero attached hydrogens (tertiary/aromatic N) is 1. The van der Waals surface area contributed by atoms with E-state index in [0.29, 0.717) is 24.2 Å². The Kier molecular flexibility index (Phi) is 11.2. The maximum absolute atomic E-state index is 14.8. The quantitative estimate of drug-likeness (QED) is 0.241. The molecule has 3 N–H and O–H groups in total. The zero-order valence-corrected chi connectivity index (χ0v) is 33.4. The number of likely N-dealkylation sites (tertiary alicyclic amines) is 1. The lowest BCUT2D eigenvalue weighted by Crippen LogP contribution is -2.60. The number of rotatable bonds is 13. The molecule has 4 amide bonds. The van der Waals surface area contributed by atoms with Gasteiger partial charge in [-0.3, -0.25) is 19.1 Å². The standard InChI is InChI=1S/C41H54N4O9S/c1-8-27-22-41(27,37(48)44-55(50,51)30-18-19-30)43-35(46)32-23-40(53-7,28-16-14-26(15-17-28)31-21-25(2)13-20-33(31)52-6)24-45(32)36(47)34(39(3,4)5)42-38(49)54-29-11-9-10-12-29/h8,13-17,20-21,27,29-30,32,34H,1,9-12,18-19,22-24H2,2-7H3,(H,42,49)(H,43,46)(H,44,48)/t27-,32+,34-,40+,41-/m1/s1. The molecule has 1 saturated heterocycles. The van der Waals surface area contributed by atoms with Gasteiger partial charge in [-0.05, 0) is 80.5 Å². The summed E-state index contributed by atoms with van der Waals surface area (Å²) in [6, 6.07) is 11.3. The van der Waals surface area contributed by atoms with Crippen LogP contribution in [0.3, 0.4) is 0 Å². The first-order chi connectivity index (χ1) is 26.0. The highest BCUT2D eigenvalue weighted by atomic mass is 32.2. The van der Waals surface area contributed by atoms with Gasteiger partial charge >= 0.3 is 6.09 Å². The molecule has 3 saturated carbocycles. The number of aryl methyl sites for hydroxylation is 1. The van der Waals surface area contributed by atoms with Gasteiger partial charge in [0.2, 0.25) is 21.8 Å². The van der Waals surface area contributed by atoms with E-state index in [1.807, 2.05) is 70.2 Å². The largest absolute Gasteiger partial charge is 0.496 e. The van der Waals surface area contributed by atoms with Crippen LogP contribution < -0.4 is 20.1 Å². The van der Waals surface area contributed by atoms with E-state index in [-0.39, 0.29) is 25.5 Å². The number of ether oxygens (including phenoxy) is 3.